The zero-order valence-corrected chi connectivity index (χ0v) is 11.5. The van der Waals surface area contributed by atoms with Crippen molar-refractivity contribution in [2.24, 2.45) is 11.3 Å². The second-order valence-electron chi connectivity index (χ2n) is 4.89. The predicted molar refractivity (Wildman–Crippen MR) is 68.3 cm³/mol. The highest BCUT2D eigenvalue weighted by atomic mass is 32.2. The van der Waals surface area contributed by atoms with Gasteiger partial charge in [0.05, 0.1) is 28.7 Å². The van der Waals surface area contributed by atoms with E-state index in [-0.39, 0.29) is 10.8 Å². The number of nitrogens with zero attached hydrogens (tertiary/aromatic N) is 2. The molecule has 0 saturated heterocycles. The number of aliphatic carboxylic acids is 1. The standard InChI is InChI=1S/C13H13N3O3S/c14-5-8-11(19)16-12(20-7-10(17)18)9(6-15)13(8)3-1-2-4-13/h8H,1-4,7H2,(H,16,19)(H,17,18)/p-1/t8-/m1/s1. The minimum atomic E-state index is -1.27. The quantitative estimate of drug-likeness (QED) is 0.784. The number of allylic oxidation sites excluding steroid dienone is 1. The smallest absolute Gasteiger partial charge is 0.243 e. The molecule has 6 nitrogen and oxygen atoms in total. The molecule has 1 fully saturated rings. The molecule has 2 rings (SSSR count). The van der Waals surface area contributed by atoms with Gasteiger partial charge in [0.2, 0.25) is 5.91 Å². The third-order valence-electron chi connectivity index (χ3n) is 3.85. The molecule has 1 aliphatic heterocycles. The highest BCUT2D eigenvalue weighted by Crippen LogP contribution is 2.53. The number of nitrogens with one attached hydrogen (secondary N) is 1. The van der Waals surface area contributed by atoms with Gasteiger partial charge in [-0.1, -0.05) is 12.8 Å². The number of carboxylic acid groups (broad SMARTS) is 1. The predicted octanol–water partition coefficient (Wildman–Crippen LogP) is 0.0347. The summed E-state index contributed by atoms with van der Waals surface area (Å²) in [7, 11) is 0. The minimum Gasteiger partial charge on any atom is -0.549 e. The van der Waals surface area contributed by atoms with Crippen molar-refractivity contribution >= 4 is 23.6 Å². The van der Waals surface area contributed by atoms with Crippen LogP contribution in [0, 0.1) is 34.0 Å². The van der Waals surface area contributed by atoms with Crippen molar-refractivity contribution in [2.45, 2.75) is 25.7 Å². The van der Waals surface area contributed by atoms with E-state index < -0.39 is 23.2 Å². The number of amides is 1. The van der Waals surface area contributed by atoms with Gasteiger partial charge in [-0.3, -0.25) is 4.79 Å². The molecule has 0 aromatic rings. The molecule has 1 atom stereocenters. The molecule has 0 unspecified atom stereocenters. The molecule has 1 saturated carbocycles. The Kier molecular flexibility index (Phi) is 4.01. The Morgan fingerprint density at radius 2 is 2.10 bits per heavy atom. The van der Waals surface area contributed by atoms with Gasteiger partial charge in [-0.05, 0) is 12.8 Å². The van der Waals surface area contributed by atoms with Crippen molar-refractivity contribution in [1.29, 1.82) is 10.5 Å². The topological polar surface area (TPSA) is 117 Å². The zero-order valence-electron chi connectivity index (χ0n) is 10.6. The van der Waals surface area contributed by atoms with Gasteiger partial charge >= 0.3 is 0 Å². The van der Waals surface area contributed by atoms with E-state index in [1.54, 1.807) is 0 Å². The maximum Gasteiger partial charge on any atom is 0.243 e. The summed E-state index contributed by atoms with van der Waals surface area (Å²) >= 11 is 0.869. The maximum absolute atomic E-state index is 12.0. The number of hydrogen-bond acceptors (Lipinski definition) is 6. The molecular weight excluding hydrogens is 278 g/mol. The van der Waals surface area contributed by atoms with Gasteiger partial charge in [0.25, 0.3) is 0 Å². The van der Waals surface area contributed by atoms with Crippen LogP contribution in [0.3, 0.4) is 0 Å². The highest BCUT2D eigenvalue weighted by Gasteiger charge is 2.52. The fourth-order valence-electron chi connectivity index (χ4n) is 3.00. The summed E-state index contributed by atoms with van der Waals surface area (Å²) < 4.78 is 0. The molecule has 0 radical (unpaired) electrons. The van der Waals surface area contributed by atoms with Gasteiger partial charge in [-0.15, -0.1) is 11.8 Å². The van der Waals surface area contributed by atoms with Crippen LogP contribution in [0.2, 0.25) is 0 Å². The van der Waals surface area contributed by atoms with E-state index in [1.165, 1.54) is 0 Å². The summed E-state index contributed by atoms with van der Waals surface area (Å²) in [5, 5.41) is 32.0. The number of rotatable bonds is 3. The number of hydrogen-bond donors (Lipinski definition) is 1. The SMILES string of the molecule is N#CC1=C(SCC(=O)[O-])NC(=O)[C@@H](C#N)C12CCCC2. The van der Waals surface area contributed by atoms with E-state index in [1.807, 2.05) is 6.07 Å². The molecule has 1 heterocycles. The number of carboxylic acids is 1. The Morgan fingerprint density at radius 3 is 2.60 bits per heavy atom. The molecule has 0 bridgehead atoms. The lowest BCUT2D eigenvalue weighted by Crippen LogP contribution is -2.46. The van der Waals surface area contributed by atoms with E-state index in [0.29, 0.717) is 18.4 Å². The van der Waals surface area contributed by atoms with Crippen LogP contribution in [0.1, 0.15) is 25.7 Å². The normalized spacial score (nSPS) is 24.1. The first-order chi connectivity index (χ1) is 9.55. The van der Waals surface area contributed by atoms with E-state index >= 15 is 0 Å². The maximum atomic E-state index is 12.0. The molecule has 2 aliphatic rings. The average molecular weight is 290 g/mol. The van der Waals surface area contributed by atoms with Crippen LogP contribution in [0.5, 0.6) is 0 Å². The molecular formula is C13H12N3O3S-. The fraction of sp³-hybridized carbons (Fsp3) is 0.538. The second-order valence-corrected chi connectivity index (χ2v) is 5.88. The first kappa shape index (κ1) is 14.4. The lowest BCUT2D eigenvalue weighted by molar-refractivity contribution is -0.301. The summed E-state index contributed by atoms with van der Waals surface area (Å²) in [6.07, 6.45) is 2.93. The second kappa shape index (κ2) is 5.56. The van der Waals surface area contributed by atoms with Gasteiger partial charge in [0.1, 0.15) is 5.92 Å². The van der Waals surface area contributed by atoms with E-state index in [2.05, 4.69) is 11.4 Å². The molecule has 1 N–H and O–H groups in total. The van der Waals surface area contributed by atoms with Crippen molar-refractivity contribution in [1.82, 2.24) is 5.32 Å². The summed E-state index contributed by atoms with van der Waals surface area (Å²) in [4.78, 5) is 22.6. The Bertz CT molecular complexity index is 564. The van der Waals surface area contributed by atoms with E-state index in [9.17, 15) is 25.2 Å². The average Bonchev–Trinajstić information content (AvgIpc) is 2.86. The van der Waals surface area contributed by atoms with E-state index in [0.717, 1.165) is 24.6 Å². The van der Waals surface area contributed by atoms with Crippen LogP contribution in [0.4, 0.5) is 0 Å². The number of carbonyl (C=O) groups excluding carboxylic acids is 2. The molecule has 0 aromatic carbocycles. The monoisotopic (exact) mass is 290 g/mol. The number of thioether (sulfide) groups is 1. The van der Waals surface area contributed by atoms with Gasteiger partial charge in [-0.25, -0.2) is 0 Å². The van der Waals surface area contributed by atoms with Crippen molar-refractivity contribution in [3.63, 3.8) is 0 Å². The first-order valence-electron chi connectivity index (χ1n) is 6.23. The van der Waals surface area contributed by atoms with Crippen molar-refractivity contribution < 1.29 is 14.7 Å². The Balaban J connectivity index is 2.46. The highest BCUT2D eigenvalue weighted by molar-refractivity contribution is 8.03. The molecule has 7 heteroatoms. The molecule has 1 amide bonds. The summed E-state index contributed by atoms with van der Waals surface area (Å²) in [5.41, 5.74) is -0.410. The Labute approximate surface area is 120 Å². The van der Waals surface area contributed by atoms with Gasteiger partial charge in [-0.2, -0.15) is 10.5 Å². The molecule has 0 aromatic heterocycles. The van der Waals surface area contributed by atoms with Crippen LogP contribution in [0.25, 0.3) is 0 Å². The first-order valence-corrected chi connectivity index (χ1v) is 7.21. The van der Waals surface area contributed by atoms with Crippen molar-refractivity contribution in [3.05, 3.63) is 10.6 Å². The summed E-state index contributed by atoms with van der Waals surface area (Å²) in [6, 6.07) is 4.08. The van der Waals surface area contributed by atoms with Gasteiger partial charge in [0.15, 0.2) is 0 Å². The lowest BCUT2D eigenvalue weighted by Gasteiger charge is -2.37. The third-order valence-corrected chi connectivity index (χ3v) is 4.82. The molecule has 104 valence electrons. The zero-order chi connectivity index (χ0) is 14.8. The van der Waals surface area contributed by atoms with Crippen LogP contribution in [0.15, 0.2) is 10.6 Å². The summed E-state index contributed by atoms with van der Waals surface area (Å²) in [5.74, 6) is -2.94. The molecule has 20 heavy (non-hydrogen) atoms. The van der Waals surface area contributed by atoms with Crippen LogP contribution in [-0.2, 0) is 9.59 Å². The number of nitriles is 2. The van der Waals surface area contributed by atoms with Crippen LogP contribution < -0.4 is 10.4 Å². The Morgan fingerprint density at radius 1 is 1.45 bits per heavy atom. The van der Waals surface area contributed by atoms with Crippen LogP contribution >= 0.6 is 11.8 Å². The minimum absolute atomic E-state index is 0.259. The number of carbonyl (C=O) groups is 2. The van der Waals surface area contributed by atoms with Crippen molar-refractivity contribution in [2.75, 3.05) is 5.75 Å². The summed E-state index contributed by atoms with van der Waals surface area (Å²) in [6.45, 7) is 0. The molecule has 1 aliphatic carbocycles. The van der Waals surface area contributed by atoms with Crippen LogP contribution in [-0.4, -0.2) is 17.6 Å². The van der Waals surface area contributed by atoms with Gasteiger partial charge in [0, 0.05) is 11.2 Å². The van der Waals surface area contributed by atoms with Gasteiger partial charge < -0.3 is 15.2 Å². The fourth-order valence-corrected chi connectivity index (χ4v) is 3.82. The van der Waals surface area contributed by atoms with Crippen molar-refractivity contribution in [3.8, 4) is 12.1 Å². The third kappa shape index (κ3) is 2.25. The lowest BCUT2D eigenvalue weighted by atomic mass is 9.67. The Hall–Kier alpha value is -1.99. The largest absolute Gasteiger partial charge is 0.549 e. The van der Waals surface area contributed by atoms with E-state index in [4.69, 9.17) is 0 Å². The molecule has 1 spiro atoms.